The highest BCUT2D eigenvalue weighted by atomic mass is 16.2. The summed E-state index contributed by atoms with van der Waals surface area (Å²) in [7, 11) is 0. The number of nitrogens with zero attached hydrogens (tertiary/aromatic N) is 3. The molecule has 1 saturated heterocycles. The number of imide groups is 1. The van der Waals surface area contributed by atoms with E-state index in [4.69, 9.17) is 0 Å². The average Bonchev–Trinajstić information content (AvgIpc) is 2.97. The van der Waals surface area contributed by atoms with Gasteiger partial charge in [0.2, 0.25) is 11.8 Å². The quantitative estimate of drug-likeness (QED) is 0.716. The van der Waals surface area contributed by atoms with Gasteiger partial charge in [-0.1, -0.05) is 18.2 Å². The maximum absolute atomic E-state index is 13.0. The molecule has 0 atom stereocenters. The Morgan fingerprint density at radius 3 is 2.15 bits per heavy atom. The van der Waals surface area contributed by atoms with Crippen molar-refractivity contribution in [3.8, 4) is 0 Å². The summed E-state index contributed by atoms with van der Waals surface area (Å²) < 4.78 is 0. The molecule has 0 saturated carbocycles. The summed E-state index contributed by atoms with van der Waals surface area (Å²) in [6.07, 6.45) is 0.574. The van der Waals surface area contributed by atoms with E-state index in [9.17, 15) is 24.0 Å². The van der Waals surface area contributed by atoms with Gasteiger partial charge in [0.05, 0.1) is 11.1 Å². The fraction of sp³-hybridized carbons (Fsp3) is 0.292. The second-order valence-corrected chi connectivity index (χ2v) is 8.03. The molecule has 0 radical (unpaired) electrons. The summed E-state index contributed by atoms with van der Waals surface area (Å²) in [4.78, 5) is 66.4. The first-order valence-electron chi connectivity index (χ1n) is 10.7. The van der Waals surface area contributed by atoms with Crippen molar-refractivity contribution in [1.29, 1.82) is 0 Å². The molecule has 5 amide bonds. The average molecular weight is 448 g/mol. The number of benzene rings is 2. The third-order valence-corrected chi connectivity index (χ3v) is 5.74. The molecule has 9 nitrogen and oxygen atoms in total. The number of amides is 5. The minimum atomic E-state index is -0.463. The molecule has 0 bridgehead atoms. The Morgan fingerprint density at radius 1 is 0.848 bits per heavy atom. The lowest BCUT2D eigenvalue weighted by molar-refractivity contribution is -0.131. The number of carbonyl (C=O) groups is 5. The van der Waals surface area contributed by atoms with Gasteiger partial charge < -0.3 is 15.1 Å². The van der Waals surface area contributed by atoms with E-state index in [1.807, 2.05) is 0 Å². The van der Waals surface area contributed by atoms with Gasteiger partial charge in [-0.25, -0.2) is 0 Å². The molecule has 9 heteroatoms. The van der Waals surface area contributed by atoms with Gasteiger partial charge in [-0.15, -0.1) is 0 Å². The minimum absolute atomic E-state index is 0.183. The van der Waals surface area contributed by atoms with E-state index in [2.05, 4.69) is 5.32 Å². The Kier molecular flexibility index (Phi) is 6.21. The SMILES string of the molecule is CC(=O)Nc1cccc(C(=O)N2CCCN(C(=O)CN3C(=O)c4ccccc4C3=O)CC2)c1. The molecule has 2 heterocycles. The van der Waals surface area contributed by atoms with E-state index in [0.29, 0.717) is 55.0 Å². The van der Waals surface area contributed by atoms with Gasteiger partial charge in [0.1, 0.15) is 6.54 Å². The van der Waals surface area contributed by atoms with Gasteiger partial charge in [-0.3, -0.25) is 28.9 Å². The molecule has 0 aliphatic carbocycles. The normalized spacial score (nSPS) is 15.8. The van der Waals surface area contributed by atoms with Crippen LogP contribution in [-0.4, -0.2) is 77.0 Å². The standard InChI is InChI=1S/C24H24N4O5/c1-16(29)25-18-7-4-6-17(14-18)22(31)27-11-5-10-26(12-13-27)21(30)15-28-23(32)19-8-2-3-9-20(19)24(28)33/h2-4,6-9,14H,5,10-13,15H2,1H3,(H,25,29). The fourth-order valence-electron chi connectivity index (χ4n) is 4.10. The number of nitrogens with one attached hydrogen (secondary N) is 1. The summed E-state index contributed by atoms with van der Waals surface area (Å²) in [5.41, 5.74) is 1.61. The minimum Gasteiger partial charge on any atom is -0.339 e. The highest BCUT2D eigenvalue weighted by Gasteiger charge is 2.37. The first-order valence-corrected chi connectivity index (χ1v) is 10.7. The maximum Gasteiger partial charge on any atom is 0.262 e. The maximum atomic E-state index is 13.0. The Balaban J connectivity index is 1.38. The second kappa shape index (κ2) is 9.23. The van der Waals surface area contributed by atoms with Gasteiger partial charge in [-0.05, 0) is 36.8 Å². The van der Waals surface area contributed by atoms with Crippen LogP contribution in [0.25, 0.3) is 0 Å². The molecule has 0 unspecified atom stereocenters. The largest absolute Gasteiger partial charge is 0.339 e. The lowest BCUT2D eigenvalue weighted by Gasteiger charge is -2.24. The van der Waals surface area contributed by atoms with Gasteiger partial charge >= 0.3 is 0 Å². The predicted molar refractivity (Wildman–Crippen MR) is 120 cm³/mol. The van der Waals surface area contributed by atoms with E-state index >= 15 is 0 Å². The Labute approximate surface area is 190 Å². The van der Waals surface area contributed by atoms with Gasteiger partial charge in [0.15, 0.2) is 0 Å². The van der Waals surface area contributed by atoms with E-state index < -0.39 is 11.8 Å². The number of hydrogen-bond donors (Lipinski definition) is 1. The summed E-state index contributed by atoms with van der Waals surface area (Å²) >= 11 is 0. The van der Waals surface area contributed by atoms with Crippen LogP contribution in [0.3, 0.4) is 0 Å². The molecule has 4 rings (SSSR count). The lowest BCUT2D eigenvalue weighted by atomic mass is 10.1. The smallest absolute Gasteiger partial charge is 0.262 e. The number of rotatable bonds is 4. The molecule has 0 spiro atoms. The monoisotopic (exact) mass is 448 g/mol. The predicted octanol–water partition coefficient (Wildman–Crippen LogP) is 1.62. The summed E-state index contributed by atoms with van der Waals surface area (Å²) in [5, 5.41) is 2.66. The first-order chi connectivity index (χ1) is 15.8. The molecule has 2 aromatic carbocycles. The molecule has 1 fully saturated rings. The molecular weight excluding hydrogens is 424 g/mol. The molecule has 1 N–H and O–H groups in total. The van der Waals surface area contributed by atoms with Crippen LogP contribution < -0.4 is 5.32 Å². The lowest BCUT2D eigenvalue weighted by Crippen LogP contribution is -2.44. The summed E-state index contributed by atoms with van der Waals surface area (Å²) in [6.45, 7) is 2.61. The van der Waals surface area contributed by atoms with E-state index in [0.717, 1.165) is 4.90 Å². The van der Waals surface area contributed by atoms with Crippen molar-refractivity contribution in [2.75, 3.05) is 38.0 Å². The third-order valence-electron chi connectivity index (χ3n) is 5.74. The topological polar surface area (TPSA) is 107 Å². The summed E-state index contributed by atoms with van der Waals surface area (Å²) in [5.74, 6) is -1.66. The Hall–Kier alpha value is -4.01. The number of hydrogen-bond acceptors (Lipinski definition) is 5. The molecule has 33 heavy (non-hydrogen) atoms. The number of anilines is 1. The van der Waals surface area contributed by atoms with Crippen LogP contribution in [0.15, 0.2) is 48.5 Å². The number of fused-ring (bicyclic) bond motifs is 1. The van der Waals surface area contributed by atoms with Crippen LogP contribution in [0.1, 0.15) is 44.4 Å². The van der Waals surface area contributed by atoms with Crippen LogP contribution in [-0.2, 0) is 9.59 Å². The zero-order valence-corrected chi connectivity index (χ0v) is 18.2. The molecule has 2 aliphatic heterocycles. The third kappa shape index (κ3) is 4.62. The van der Waals surface area contributed by atoms with Crippen LogP contribution in [0.2, 0.25) is 0 Å². The van der Waals surface area contributed by atoms with Crippen LogP contribution >= 0.6 is 0 Å². The van der Waals surface area contributed by atoms with Crippen LogP contribution in [0.4, 0.5) is 5.69 Å². The van der Waals surface area contributed by atoms with E-state index in [-0.39, 0.29) is 24.3 Å². The first kappa shape index (κ1) is 22.2. The van der Waals surface area contributed by atoms with Crippen LogP contribution in [0, 0.1) is 0 Å². The highest BCUT2D eigenvalue weighted by Crippen LogP contribution is 2.22. The molecule has 2 aromatic rings. The van der Waals surface area contributed by atoms with Crippen molar-refractivity contribution < 1.29 is 24.0 Å². The Bertz CT molecular complexity index is 1110. The van der Waals surface area contributed by atoms with Gasteiger partial charge in [0, 0.05) is 44.4 Å². The molecule has 170 valence electrons. The fourth-order valence-corrected chi connectivity index (χ4v) is 4.10. The van der Waals surface area contributed by atoms with Crippen LogP contribution in [0.5, 0.6) is 0 Å². The molecular formula is C24H24N4O5. The van der Waals surface area contributed by atoms with E-state index in [1.54, 1.807) is 58.3 Å². The second-order valence-electron chi connectivity index (χ2n) is 8.03. The van der Waals surface area contributed by atoms with Crippen molar-refractivity contribution >= 4 is 35.2 Å². The van der Waals surface area contributed by atoms with Crippen molar-refractivity contribution in [2.45, 2.75) is 13.3 Å². The van der Waals surface area contributed by atoms with E-state index in [1.165, 1.54) is 6.92 Å². The zero-order chi connectivity index (χ0) is 23.5. The zero-order valence-electron chi connectivity index (χ0n) is 18.2. The molecule has 0 aromatic heterocycles. The molecule has 2 aliphatic rings. The van der Waals surface area contributed by atoms with Crippen molar-refractivity contribution in [3.63, 3.8) is 0 Å². The highest BCUT2D eigenvalue weighted by molar-refractivity contribution is 6.22. The van der Waals surface area contributed by atoms with Crippen molar-refractivity contribution in [2.24, 2.45) is 0 Å². The summed E-state index contributed by atoms with van der Waals surface area (Å²) in [6, 6.07) is 13.2. The Morgan fingerprint density at radius 2 is 1.48 bits per heavy atom. The van der Waals surface area contributed by atoms with Gasteiger partial charge in [-0.2, -0.15) is 0 Å². The van der Waals surface area contributed by atoms with Crippen molar-refractivity contribution in [1.82, 2.24) is 14.7 Å². The van der Waals surface area contributed by atoms with Crippen molar-refractivity contribution in [3.05, 3.63) is 65.2 Å². The van der Waals surface area contributed by atoms with Gasteiger partial charge in [0.25, 0.3) is 17.7 Å². The number of carbonyl (C=O) groups excluding carboxylic acids is 5.